The third-order valence-electron chi connectivity index (χ3n) is 3.68. The predicted octanol–water partition coefficient (Wildman–Crippen LogP) is 2.91. The van der Waals surface area contributed by atoms with Gasteiger partial charge in [-0.1, -0.05) is 32.8 Å². The van der Waals surface area contributed by atoms with Crippen LogP contribution in [0.3, 0.4) is 0 Å². The van der Waals surface area contributed by atoms with Gasteiger partial charge in [0.1, 0.15) is 0 Å². The molecule has 0 aromatic carbocycles. The van der Waals surface area contributed by atoms with E-state index in [0.29, 0.717) is 18.7 Å². The van der Waals surface area contributed by atoms with Crippen molar-refractivity contribution in [3.8, 4) is 0 Å². The molecule has 3 heteroatoms. The summed E-state index contributed by atoms with van der Waals surface area (Å²) in [5.41, 5.74) is 0.522. The molecular weight excluding hydrogens is 226 g/mol. The minimum absolute atomic E-state index is 0.281. The predicted molar refractivity (Wildman–Crippen MR) is 74.4 cm³/mol. The van der Waals surface area contributed by atoms with E-state index < -0.39 is 0 Å². The Morgan fingerprint density at radius 1 is 1.44 bits per heavy atom. The van der Waals surface area contributed by atoms with Gasteiger partial charge in [-0.3, -0.25) is 0 Å². The molecule has 1 aliphatic rings. The lowest BCUT2D eigenvalue weighted by Gasteiger charge is -2.26. The highest BCUT2D eigenvalue weighted by molar-refractivity contribution is 5.88. The molecule has 2 unspecified atom stereocenters. The van der Waals surface area contributed by atoms with Crippen molar-refractivity contribution in [2.45, 2.75) is 46.0 Å². The lowest BCUT2D eigenvalue weighted by atomic mass is 9.81. The van der Waals surface area contributed by atoms with Crippen LogP contribution in [0.4, 0.5) is 0 Å². The Morgan fingerprint density at radius 3 is 2.89 bits per heavy atom. The fourth-order valence-electron chi connectivity index (χ4n) is 2.67. The Balaban J connectivity index is 2.07. The van der Waals surface area contributed by atoms with Gasteiger partial charge in [0.25, 0.3) is 0 Å². The molecule has 0 heterocycles. The molecule has 104 valence electrons. The van der Waals surface area contributed by atoms with Crippen molar-refractivity contribution >= 4 is 5.97 Å². The molecule has 1 rings (SSSR count). The van der Waals surface area contributed by atoms with Gasteiger partial charge < -0.3 is 10.1 Å². The summed E-state index contributed by atoms with van der Waals surface area (Å²) in [6.45, 7) is 9.82. The molecule has 1 N–H and O–H groups in total. The highest BCUT2D eigenvalue weighted by atomic mass is 16.5. The molecule has 18 heavy (non-hydrogen) atoms. The van der Waals surface area contributed by atoms with E-state index in [1.807, 2.05) is 6.92 Å². The van der Waals surface area contributed by atoms with Crippen molar-refractivity contribution in [2.75, 3.05) is 19.7 Å². The van der Waals surface area contributed by atoms with Crippen LogP contribution in [0, 0.1) is 11.8 Å². The Labute approximate surface area is 111 Å². The molecule has 0 spiro atoms. The van der Waals surface area contributed by atoms with Crippen LogP contribution in [-0.2, 0) is 9.53 Å². The summed E-state index contributed by atoms with van der Waals surface area (Å²) in [7, 11) is 0. The van der Waals surface area contributed by atoms with E-state index >= 15 is 0 Å². The van der Waals surface area contributed by atoms with Gasteiger partial charge in [-0.2, -0.15) is 0 Å². The van der Waals surface area contributed by atoms with E-state index in [2.05, 4.69) is 18.8 Å². The maximum absolute atomic E-state index is 11.3. The van der Waals surface area contributed by atoms with Crippen molar-refractivity contribution in [1.29, 1.82) is 0 Å². The van der Waals surface area contributed by atoms with Gasteiger partial charge in [0.2, 0.25) is 0 Å². The van der Waals surface area contributed by atoms with E-state index in [9.17, 15) is 4.79 Å². The lowest BCUT2D eigenvalue weighted by molar-refractivity contribution is -0.138. The van der Waals surface area contributed by atoms with Gasteiger partial charge >= 0.3 is 5.97 Å². The Bertz CT molecular complexity index is 276. The van der Waals surface area contributed by atoms with Crippen LogP contribution >= 0.6 is 0 Å². The molecule has 0 amide bonds. The third kappa shape index (κ3) is 5.67. The molecular formula is C15H27NO2. The molecule has 1 aliphatic carbocycles. The first-order valence-electron chi connectivity index (χ1n) is 7.19. The zero-order chi connectivity index (χ0) is 13.4. The SMILES string of the molecule is C=C(CNCCC1CCCC(C)C1)C(=O)OCC. The number of carbonyl (C=O) groups excluding carboxylic acids is 1. The fourth-order valence-corrected chi connectivity index (χ4v) is 2.67. The number of hydrogen-bond donors (Lipinski definition) is 1. The fraction of sp³-hybridized carbons (Fsp3) is 0.800. The van der Waals surface area contributed by atoms with Gasteiger partial charge in [-0.15, -0.1) is 0 Å². The molecule has 0 aromatic heterocycles. The molecule has 0 aliphatic heterocycles. The second kappa shape index (κ2) is 8.30. The van der Waals surface area contributed by atoms with Crippen molar-refractivity contribution in [3.05, 3.63) is 12.2 Å². The third-order valence-corrected chi connectivity index (χ3v) is 3.68. The molecule has 3 nitrogen and oxygen atoms in total. The number of rotatable bonds is 7. The van der Waals surface area contributed by atoms with Crippen LogP contribution in [0.1, 0.15) is 46.0 Å². The molecule has 1 fully saturated rings. The van der Waals surface area contributed by atoms with E-state index in [0.717, 1.165) is 18.4 Å². The summed E-state index contributed by atoms with van der Waals surface area (Å²) in [5, 5.41) is 3.29. The molecule has 0 aromatic rings. The summed E-state index contributed by atoms with van der Waals surface area (Å²) in [4.78, 5) is 11.3. The number of nitrogens with one attached hydrogen (secondary N) is 1. The van der Waals surface area contributed by atoms with Gasteiger partial charge in [-0.25, -0.2) is 4.79 Å². The topological polar surface area (TPSA) is 38.3 Å². The maximum Gasteiger partial charge on any atom is 0.334 e. The average molecular weight is 253 g/mol. The van der Waals surface area contributed by atoms with Crippen LogP contribution in [0.5, 0.6) is 0 Å². The lowest BCUT2D eigenvalue weighted by Crippen LogP contribution is -2.25. The zero-order valence-corrected chi connectivity index (χ0v) is 11.8. The highest BCUT2D eigenvalue weighted by Gasteiger charge is 2.18. The Morgan fingerprint density at radius 2 is 2.22 bits per heavy atom. The maximum atomic E-state index is 11.3. The van der Waals surface area contributed by atoms with E-state index in [1.165, 1.54) is 32.1 Å². The van der Waals surface area contributed by atoms with Gasteiger partial charge in [0.05, 0.1) is 6.61 Å². The molecule has 0 saturated heterocycles. The van der Waals surface area contributed by atoms with Crippen LogP contribution in [-0.4, -0.2) is 25.7 Å². The van der Waals surface area contributed by atoms with Gasteiger partial charge in [0.15, 0.2) is 0 Å². The standard InChI is InChI=1S/C15H27NO2/c1-4-18-15(17)13(3)11-16-9-8-14-7-5-6-12(2)10-14/h12,14,16H,3-11H2,1-2H3. The molecule has 0 radical (unpaired) electrons. The average Bonchev–Trinajstić information content (AvgIpc) is 2.35. The van der Waals surface area contributed by atoms with E-state index in [-0.39, 0.29) is 5.97 Å². The quantitative estimate of drug-likeness (QED) is 0.431. The minimum atomic E-state index is -0.281. The second-order valence-corrected chi connectivity index (χ2v) is 5.43. The van der Waals surface area contributed by atoms with Crippen molar-refractivity contribution in [1.82, 2.24) is 5.32 Å². The summed E-state index contributed by atoms with van der Waals surface area (Å²) in [5.74, 6) is 1.46. The molecule has 1 saturated carbocycles. The minimum Gasteiger partial charge on any atom is -0.463 e. The summed E-state index contributed by atoms with van der Waals surface area (Å²) < 4.78 is 4.89. The largest absolute Gasteiger partial charge is 0.463 e. The van der Waals surface area contributed by atoms with Crippen LogP contribution in [0.2, 0.25) is 0 Å². The Kier molecular flexibility index (Phi) is 7.02. The number of carbonyl (C=O) groups is 1. The number of ether oxygens (including phenoxy) is 1. The van der Waals surface area contributed by atoms with Crippen molar-refractivity contribution in [3.63, 3.8) is 0 Å². The first-order valence-corrected chi connectivity index (χ1v) is 7.19. The second-order valence-electron chi connectivity index (χ2n) is 5.43. The highest BCUT2D eigenvalue weighted by Crippen LogP contribution is 2.30. The number of esters is 1. The summed E-state index contributed by atoms with van der Waals surface area (Å²) in [6, 6.07) is 0. The van der Waals surface area contributed by atoms with Gasteiger partial charge in [0, 0.05) is 12.1 Å². The number of hydrogen-bond acceptors (Lipinski definition) is 3. The van der Waals surface area contributed by atoms with Crippen LogP contribution in [0.25, 0.3) is 0 Å². The molecule has 0 bridgehead atoms. The monoisotopic (exact) mass is 253 g/mol. The van der Waals surface area contributed by atoms with E-state index in [1.54, 1.807) is 0 Å². The van der Waals surface area contributed by atoms with Crippen molar-refractivity contribution < 1.29 is 9.53 Å². The first-order chi connectivity index (χ1) is 8.63. The smallest absolute Gasteiger partial charge is 0.334 e. The van der Waals surface area contributed by atoms with Gasteiger partial charge in [-0.05, 0) is 38.1 Å². The van der Waals surface area contributed by atoms with Crippen molar-refractivity contribution in [2.24, 2.45) is 11.8 Å². The molecule has 2 atom stereocenters. The zero-order valence-electron chi connectivity index (χ0n) is 11.8. The van der Waals surface area contributed by atoms with E-state index in [4.69, 9.17) is 4.74 Å². The van der Waals surface area contributed by atoms with Crippen LogP contribution < -0.4 is 5.32 Å². The summed E-state index contributed by atoms with van der Waals surface area (Å²) >= 11 is 0. The summed E-state index contributed by atoms with van der Waals surface area (Å²) in [6.07, 6.45) is 6.71. The van der Waals surface area contributed by atoms with Crippen LogP contribution in [0.15, 0.2) is 12.2 Å². The Hall–Kier alpha value is -0.830. The normalized spacial score (nSPS) is 23.7. The first kappa shape index (κ1) is 15.2.